The molecule has 1 unspecified atom stereocenters. The second kappa shape index (κ2) is 15.7. The summed E-state index contributed by atoms with van der Waals surface area (Å²) in [4.78, 5) is 30.5. The van der Waals surface area contributed by atoms with E-state index < -0.39 is 16.0 Å². The number of carboxylic acid groups (broad SMARTS) is 1. The number of benzene rings is 2. The number of hydrogen-bond acceptors (Lipinski definition) is 9. The first-order chi connectivity index (χ1) is 26.4. The summed E-state index contributed by atoms with van der Waals surface area (Å²) in [6.45, 7) is 7.11. The molecule has 3 saturated carbocycles. The molecule has 5 aromatic rings. The highest BCUT2D eigenvalue weighted by atomic mass is 35.5. The molecule has 3 N–H and O–H groups in total. The van der Waals surface area contributed by atoms with E-state index in [1.165, 1.54) is 75.3 Å². The zero-order chi connectivity index (χ0) is 38.5. The van der Waals surface area contributed by atoms with Crippen molar-refractivity contribution in [3.63, 3.8) is 0 Å². The number of fused-ring (bicyclic) bond motifs is 1. The standard InChI is InChI=1S/C42H49N7O5S.ClH/c1-25-9-5-10-26(2)37(25)32-21-36(47-41(46-32)48-55(52,53)31-16-8-15-29(19-31)40(50)51)54-24-34(38(27-11-6-12-27)28-13-7-14-28)44-23-30-22-43-33-20-35(42(3)17-18-42)49(4)39(33)45-30;/h5,8-10,15-16,19-22,27-28,34,38,44H,6-7,11-14,17-18,23-24H2,1-4H3,(H,50,51)(H,46,47,48);1H. The maximum Gasteiger partial charge on any atom is 0.335 e. The molecule has 0 amide bonds. The number of aromatic carboxylic acids is 1. The van der Waals surface area contributed by atoms with E-state index in [2.05, 4.69) is 44.6 Å². The van der Waals surface area contributed by atoms with Crippen molar-refractivity contribution in [3.8, 4) is 17.1 Å². The van der Waals surface area contributed by atoms with Crippen LogP contribution in [0.3, 0.4) is 0 Å². The summed E-state index contributed by atoms with van der Waals surface area (Å²) in [5.41, 5.74) is 7.35. The monoisotopic (exact) mass is 799 g/mol. The Labute approximate surface area is 334 Å². The highest BCUT2D eigenvalue weighted by molar-refractivity contribution is 7.92. The number of aryl methyl sites for hydroxylation is 3. The first-order valence-corrected chi connectivity index (χ1v) is 20.9. The maximum absolute atomic E-state index is 13.6. The van der Waals surface area contributed by atoms with Gasteiger partial charge in [0.25, 0.3) is 10.0 Å². The Morgan fingerprint density at radius 1 is 0.982 bits per heavy atom. The topological polar surface area (TPSA) is 161 Å². The number of aromatic nitrogens is 5. The molecule has 1 atom stereocenters. The van der Waals surface area contributed by atoms with Crippen molar-refractivity contribution < 1.29 is 23.1 Å². The Morgan fingerprint density at radius 3 is 2.29 bits per heavy atom. The molecule has 3 heterocycles. The maximum atomic E-state index is 13.6. The normalized spacial score (nSPS) is 17.2. The zero-order valence-electron chi connectivity index (χ0n) is 32.3. The van der Waals surface area contributed by atoms with Gasteiger partial charge in [0.15, 0.2) is 5.65 Å². The zero-order valence-corrected chi connectivity index (χ0v) is 33.9. The molecule has 0 radical (unpaired) electrons. The molecule has 3 aliphatic rings. The molecule has 14 heteroatoms. The quantitative estimate of drug-likeness (QED) is 0.0955. The van der Waals surface area contributed by atoms with Crippen molar-refractivity contribution in [2.75, 3.05) is 11.3 Å². The summed E-state index contributed by atoms with van der Waals surface area (Å²) < 4.78 is 38.5. The lowest BCUT2D eigenvalue weighted by Gasteiger charge is -2.46. The molecule has 0 spiro atoms. The molecule has 3 aromatic heterocycles. The van der Waals surface area contributed by atoms with Gasteiger partial charge in [-0.3, -0.25) is 4.98 Å². The van der Waals surface area contributed by atoms with Crippen LogP contribution in [-0.2, 0) is 29.0 Å². The predicted octanol–water partition coefficient (Wildman–Crippen LogP) is 7.77. The van der Waals surface area contributed by atoms with E-state index in [1.807, 2.05) is 38.2 Å². The minimum absolute atomic E-state index is 0. The third-order valence-corrected chi connectivity index (χ3v) is 13.6. The number of rotatable bonds is 15. The Kier molecular flexibility index (Phi) is 11.1. The molecule has 3 aliphatic carbocycles. The predicted molar refractivity (Wildman–Crippen MR) is 218 cm³/mol. The van der Waals surface area contributed by atoms with Gasteiger partial charge in [-0.2, -0.15) is 4.98 Å². The van der Waals surface area contributed by atoms with Crippen LogP contribution in [0.5, 0.6) is 5.88 Å². The average Bonchev–Trinajstić information content (AvgIpc) is 3.77. The fourth-order valence-electron chi connectivity index (χ4n) is 8.50. The molecule has 0 aliphatic heterocycles. The molecule has 12 nitrogen and oxygen atoms in total. The van der Waals surface area contributed by atoms with E-state index in [9.17, 15) is 18.3 Å². The van der Waals surface area contributed by atoms with Gasteiger partial charge in [0, 0.05) is 42.4 Å². The molecule has 3 fully saturated rings. The second-order valence-corrected chi connectivity index (χ2v) is 17.8. The highest BCUT2D eigenvalue weighted by Crippen LogP contribution is 2.49. The lowest BCUT2D eigenvalue weighted by Crippen LogP contribution is -2.49. The van der Waals surface area contributed by atoms with E-state index in [0.29, 0.717) is 36.6 Å². The Bertz CT molecular complexity index is 2340. The van der Waals surface area contributed by atoms with Gasteiger partial charge in [-0.1, -0.05) is 69.7 Å². The molecule has 2 aromatic carbocycles. The fourth-order valence-corrected chi connectivity index (χ4v) is 9.49. The SMILES string of the molecule is Cc1cccc(C)c1-c1cc(OCC(NCc2cnc3cc(C4(C)CC4)n(C)c3n2)C(C2CCC2)C2CCC2)nc(NS(=O)(=O)c2cccc(C(=O)O)c2)n1.Cl. The number of hydrogen-bond donors (Lipinski definition) is 3. The van der Waals surface area contributed by atoms with Gasteiger partial charge in [-0.25, -0.2) is 27.9 Å². The van der Waals surface area contributed by atoms with E-state index in [0.717, 1.165) is 39.6 Å². The number of ether oxygens (including phenoxy) is 1. The summed E-state index contributed by atoms with van der Waals surface area (Å²) in [6, 6.07) is 15.1. The summed E-state index contributed by atoms with van der Waals surface area (Å²) in [5, 5.41) is 13.3. The van der Waals surface area contributed by atoms with Crippen LogP contribution >= 0.6 is 12.4 Å². The molecule has 0 saturated heterocycles. The van der Waals surface area contributed by atoms with Crippen LogP contribution < -0.4 is 14.8 Å². The van der Waals surface area contributed by atoms with Gasteiger partial charge in [0.2, 0.25) is 11.8 Å². The van der Waals surface area contributed by atoms with Crippen LogP contribution in [0.25, 0.3) is 22.4 Å². The number of nitrogens with zero attached hydrogens (tertiary/aromatic N) is 5. The number of halogens is 1. The van der Waals surface area contributed by atoms with Gasteiger partial charge in [0.1, 0.15) is 12.1 Å². The van der Waals surface area contributed by atoms with Crippen molar-refractivity contribution in [2.45, 2.75) is 95.0 Å². The van der Waals surface area contributed by atoms with Crippen molar-refractivity contribution in [1.82, 2.24) is 29.8 Å². The minimum atomic E-state index is -4.25. The summed E-state index contributed by atoms with van der Waals surface area (Å²) in [5.74, 6) is 0.471. The van der Waals surface area contributed by atoms with Crippen molar-refractivity contribution in [3.05, 3.63) is 88.9 Å². The third kappa shape index (κ3) is 7.99. The molecule has 296 valence electrons. The molecular weight excluding hydrogens is 750 g/mol. The van der Waals surface area contributed by atoms with Crippen LogP contribution in [0.15, 0.2) is 65.7 Å². The van der Waals surface area contributed by atoms with Gasteiger partial charge in [0.05, 0.1) is 28.0 Å². The van der Waals surface area contributed by atoms with E-state index in [-0.39, 0.29) is 46.2 Å². The Hall–Kier alpha value is -4.59. The van der Waals surface area contributed by atoms with Crippen LogP contribution in [-0.4, -0.2) is 56.6 Å². The fraction of sp³-hybridized carbons (Fsp3) is 0.452. The van der Waals surface area contributed by atoms with Crippen LogP contribution in [0, 0.1) is 31.6 Å². The summed E-state index contributed by atoms with van der Waals surface area (Å²) in [6.07, 6.45) is 11.5. The lowest BCUT2D eigenvalue weighted by molar-refractivity contribution is 0.0414. The van der Waals surface area contributed by atoms with Gasteiger partial charge in [-0.05, 0) is 79.8 Å². The van der Waals surface area contributed by atoms with E-state index >= 15 is 0 Å². The van der Waals surface area contributed by atoms with Gasteiger partial charge in [-0.15, -0.1) is 12.4 Å². The number of nitrogens with one attached hydrogen (secondary N) is 2. The van der Waals surface area contributed by atoms with E-state index in [1.54, 1.807) is 6.07 Å². The Morgan fingerprint density at radius 2 is 1.66 bits per heavy atom. The van der Waals surface area contributed by atoms with Crippen molar-refractivity contribution in [1.29, 1.82) is 0 Å². The smallest absolute Gasteiger partial charge is 0.335 e. The summed E-state index contributed by atoms with van der Waals surface area (Å²) >= 11 is 0. The first-order valence-electron chi connectivity index (χ1n) is 19.4. The van der Waals surface area contributed by atoms with Gasteiger partial charge >= 0.3 is 5.97 Å². The lowest BCUT2D eigenvalue weighted by atomic mass is 9.62. The molecule has 0 bridgehead atoms. The number of carbonyl (C=O) groups is 1. The molecular formula is C42H50ClN7O5S. The van der Waals surface area contributed by atoms with Crippen LogP contribution in [0.4, 0.5) is 5.95 Å². The molecule has 56 heavy (non-hydrogen) atoms. The minimum Gasteiger partial charge on any atom is -0.478 e. The number of sulfonamides is 1. The van der Waals surface area contributed by atoms with Crippen LogP contribution in [0.2, 0.25) is 0 Å². The average molecular weight is 800 g/mol. The highest BCUT2D eigenvalue weighted by Gasteiger charge is 2.42. The van der Waals surface area contributed by atoms with E-state index in [4.69, 9.17) is 14.7 Å². The van der Waals surface area contributed by atoms with Crippen molar-refractivity contribution in [2.24, 2.45) is 24.8 Å². The van der Waals surface area contributed by atoms with Gasteiger partial charge < -0.3 is 19.7 Å². The molecule has 8 rings (SSSR count). The summed E-state index contributed by atoms with van der Waals surface area (Å²) in [7, 11) is -2.16. The second-order valence-electron chi connectivity index (χ2n) is 16.1. The largest absolute Gasteiger partial charge is 0.478 e. The van der Waals surface area contributed by atoms with Crippen LogP contribution in [0.1, 0.15) is 91.2 Å². The number of anilines is 1. The third-order valence-electron chi connectivity index (χ3n) is 12.3. The Balaban J connectivity index is 0.00000480. The first kappa shape index (κ1) is 39.6. The number of carboxylic acids is 1. The van der Waals surface area contributed by atoms with Crippen molar-refractivity contribution >= 4 is 45.5 Å².